The highest BCUT2D eigenvalue weighted by Gasteiger charge is 2.50. The number of benzene rings is 2. The number of carbonyl (C=O) groups is 3. The van der Waals surface area contributed by atoms with Gasteiger partial charge >= 0.3 is 5.97 Å². The number of fused-ring (bicyclic) bond motifs is 5. The fraction of sp³-hybridized carbons (Fsp3) is 0.364. The van der Waals surface area contributed by atoms with Gasteiger partial charge in [-0.05, 0) is 49.1 Å². The smallest absolute Gasteiger partial charge is 0.341 e. The number of piperazine rings is 1. The average Bonchev–Trinajstić information content (AvgIpc) is 3.70. The molecular weight excluding hydrogens is 576 g/mol. The molecule has 0 aliphatic carbocycles. The summed E-state index contributed by atoms with van der Waals surface area (Å²) in [4.78, 5) is 58.3. The predicted molar refractivity (Wildman–Crippen MR) is 162 cm³/mol. The Balaban J connectivity index is 1.06. The van der Waals surface area contributed by atoms with Crippen LogP contribution in [0.2, 0.25) is 0 Å². The number of H-pyrrole nitrogens is 1. The third-order valence-corrected chi connectivity index (χ3v) is 9.34. The van der Waals surface area contributed by atoms with E-state index in [9.17, 15) is 14.4 Å². The van der Waals surface area contributed by atoms with Crippen molar-refractivity contribution >= 4 is 34.6 Å². The molecule has 2 amide bonds. The molecule has 12 heteroatoms. The topological polar surface area (TPSA) is 130 Å². The molecule has 6 heterocycles. The van der Waals surface area contributed by atoms with E-state index in [1.165, 1.54) is 12.4 Å². The summed E-state index contributed by atoms with van der Waals surface area (Å²) in [5.74, 6) is 1.28. The lowest BCUT2D eigenvalue weighted by molar-refractivity contribution is -0.161. The lowest BCUT2D eigenvalue weighted by atomic mass is 9.85. The summed E-state index contributed by atoms with van der Waals surface area (Å²) in [6.45, 7) is 3.47. The van der Waals surface area contributed by atoms with Gasteiger partial charge in [0.1, 0.15) is 12.6 Å². The molecule has 2 fully saturated rings. The zero-order valence-electron chi connectivity index (χ0n) is 24.8. The maximum atomic E-state index is 14.3. The highest BCUT2D eigenvalue weighted by Crippen LogP contribution is 2.45. The Hall–Kier alpha value is -5.13. The number of rotatable bonds is 5. The number of amides is 2. The van der Waals surface area contributed by atoms with Crippen LogP contribution in [0.5, 0.6) is 11.5 Å². The minimum Gasteiger partial charge on any atom is -0.462 e. The van der Waals surface area contributed by atoms with Crippen LogP contribution < -0.4 is 14.4 Å². The zero-order valence-corrected chi connectivity index (χ0v) is 24.8. The fourth-order valence-corrected chi connectivity index (χ4v) is 7.21. The molecule has 2 aromatic carbocycles. The van der Waals surface area contributed by atoms with Gasteiger partial charge in [0, 0.05) is 54.5 Å². The molecule has 0 bridgehead atoms. The van der Waals surface area contributed by atoms with Crippen LogP contribution in [0, 0.1) is 0 Å². The maximum absolute atomic E-state index is 14.3. The lowest BCUT2D eigenvalue weighted by Gasteiger charge is -2.49. The number of piperidine rings is 1. The number of ether oxygens (including phenoxy) is 3. The van der Waals surface area contributed by atoms with Crippen molar-refractivity contribution in [1.82, 2.24) is 24.8 Å². The predicted octanol–water partition coefficient (Wildman–Crippen LogP) is 3.22. The van der Waals surface area contributed by atoms with Crippen molar-refractivity contribution in [2.45, 2.75) is 44.3 Å². The van der Waals surface area contributed by atoms with E-state index in [1.807, 2.05) is 41.3 Å². The minimum absolute atomic E-state index is 0.0234. The van der Waals surface area contributed by atoms with Gasteiger partial charge in [0.25, 0.3) is 0 Å². The van der Waals surface area contributed by atoms with Gasteiger partial charge in [-0.15, -0.1) is 0 Å². The standard InChI is InChI=1S/C33H32N6O6/c1-2-43-32(42)20-15-34-33(35-16-20)37-11-9-21(10-12-37)38-17-28(40)39-25(31(38)41)14-23-22-5-3-4-6-24(22)36-29(23)30(39)19-7-8-26-27(13-19)45-18-44-26/h3-8,13,15-16,21,25,30,36H,2,9-12,14,17-18H2,1H3. The Bertz CT molecular complexity index is 1810. The van der Waals surface area contributed by atoms with E-state index in [0.29, 0.717) is 55.4 Å². The number of aromatic nitrogens is 3. The molecule has 0 saturated carbocycles. The van der Waals surface area contributed by atoms with Crippen molar-refractivity contribution in [3.05, 3.63) is 77.2 Å². The molecule has 230 valence electrons. The van der Waals surface area contributed by atoms with Crippen molar-refractivity contribution < 1.29 is 28.6 Å². The molecule has 0 radical (unpaired) electrons. The normalized spacial score (nSPS) is 21.2. The van der Waals surface area contributed by atoms with Crippen LogP contribution in [-0.4, -0.2) is 87.7 Å². The first-order valence-corrected chi connectivity index (χ1v) is 15.3. The summed E-state index contributed by atoms with van der Waals surface area (Å²) in [5.41, 5.74) is 4.16. The number of esters is 1. The molecule has 2 atom stereocenters. The van der Waals surface area contributed by atoms with E-state index in [2.05, 4.69) is 21.0 Å². The van der Waals surface area contributed by atoms with Gasteiger partial charge in [-0.1, -0.05) is 24.3 Å². The van der Waals surface area contributed by atoms with Gasteiger partial charge in [-0.3, -0.25) is 9.59 Å². The molecule has 4 aromatic rings. The van der Waals surface area contributed by atoms with E-state index in [-0.39, 0.29) is 37.8 Å². The molecule has 2 unspecified atom stereocenters. The summed E-state index contributed by atoms with van der Waals surface area (Å²) in [7, 11) is 0. The molecule has 45 heavy (non-hydrogen) atoms. The van der Waals surface area contributed by atoms with Crippen molar-refractivity contribution in [3.8, 4) is 11.5 Å². The monoisotopic (exact) mass is 608 g/mol. The van der Waals surface area contributed by atoms with Crippen LogP contribution in [0.25, 0.3) is 10.9 Å². The van der Waals surface area contributed by atoms with Crippen molar-refractivity contribution in [2.24, 2.45) is 0 Å². The molecule has 8 rings (SSSR count). The van der Waals surface area contributed by atoms with Crippen LogP contribution in [0.15, 0.2) is 54.9 Å². The first-order chi connectivity index (χ1) is 22.0. The van der Waals surface area contributed by atoms with E-state index >= 15 is 0 Å². The molecule has 4 aliphatic rings. The van der Waals surface area contributed by atoms with Gasteiger partial charge in [0.05, 0.1) is 18.2 Å². The third kappa shape index (κ3) is 4.54. The molecule has 2 saturated heterocycles. The van der Waals surface area contributed by atoms with Gasteiger partial charge in [0.2, 0.25) is 24.6 Å². The zero-order chi connectivity index (χ0) is 30.7. The second-order valence-corrected chi connectivity index (χ2v) is 11.8. The van der Waals surface area contributed by atoms with Crippen molar-refractivity contribution in [1.29, 1.82) is 0 Å². The Kier molecular flexibility index (Phi) is 6.58. The van der Waals surface area contributed by atoms with Gasteiger partial charge < -0.3 is 33.9 Å². The SMILES string of the molecule is CCOC(=O)c1cnc(N2CCC(N3CC(=O)N4C(Cc5c([nH]c6ccccc56)C4c4ccc5c(c4)OCO5)C3=O)CC2)nc1. The van der Waals surface area contributed by atoms with Crippen LogP contribution in [0.1, 0.15) is 53.0 Å². The molecule has 0 spiro atoms. The second kappa shape index (κ2) is 10.8. The van der Waals surface area contributed by atoms with Gasteiger partial charge in [0.15, 0.2) is 11.5 Å². The Morgan fingerprint density at radius 2 is 1.82 bits per heavy atom. The fourth-order valence-electron chi connectivity index (χ4n) is 7.21. The average molecular weight is 609 g/mol. The number of hydrogen-bond acceptors (Lipinski definition) is 9. The third-order valence-electron chi connectivity index (χ3n) is 9.34. The van der Waals surface area contributed by atoms with Crippen LogP contribution in [0.3, 0.4) is 0 Å². The maximum Gasteiger partial charge on any atom is 0.341 e. The number of para-hydroxylation sites is 1. The number of hydrogen-bond donors (Lipinski definition) is 1. The molecule has 1 N–H and O–H groups in total. The van der Waals surface area contributed by atoms with Crippen molar-refractivity contribution in [2.75, 3.05) is 37.9 Å². The summed E-state index contributed by atoms with van der Waals surface area (Å²) < 4.78 is 16.2. The van der Waals surface area contributed by atoms with Gasteiger partial charge in [-0.2, -0.15) is 0 Å². The van der Waals surface area contributed by atoms with Crippen LogP contribution >= 0.6 is 0 Å². The lowest BCUT2D eigenvalue weighted by Crippen LogP contribution is -2.65. The Morgan fingerprint density at radius 3 is 2.62 bits per heavy atom. The number of aromatic amines is 1. The molecular formula is C33H32N6O6. The Morgan fingerprint density at radius 1 is 1.04 bits per heavy atom. The van der Waals surface area contributed by atoms with E-state index < -0.39 is 18.1 Å². The summed E-state index contributed by atoms with van der Waals surface area (Å²) in [6.07, 6.45) is 4.76. The first kappa shape index (κ1) is 27.4. The van der Waals surface area contributed by atoms with Crippen LogP contribution in [-0.2, 0) is 20.7 Å². The van der Waals surface area contributed by atoms with E-state index in [0.717, 1.165) is 27.7 Å². The van der Waals surface area contributed by atoms with Crippen molar-refractivity contribution in [3.63, 3.8) is 0 Å². The van der Waals surface area contributed by atoms with E-state index in [4.69, 9.17) is 14.2 Å². The quantitative estimate of drug-likeness (QED) is 0.340. The highest BCUT2D eigenvalue weighted by atomic mass is 16.7. The number of nitrogens with zero attached hydrogens (tertiary/aromatic N) is 5. The van der Waals surface area contributed by atoms with E-state index in [1.54, 1.807) is 16.7 Å². The molecule has 12 nitrogen and oxygen atoms in total. The summed E-state index contributed by atoms with van der Waals surface area (Å²) in [5, 5.41) is 1.07. The number of anilines is 1. The summed E-state index contributed by atoms with van der Waals surface area (Å²) in [6, 6.07) is 12.7. The second-order valence-electron chi connectivity index (χ2n) is 11.8. The number of nitrogens with one attached hydrogen (secondary N) is 1. The van der Waals surface area contributed by atoms with Crippen LogP contribution in [0.4, 0.5) is 5.95 Å². The largest absolute Gasteiger partial charge is 0.462 e. The minimum atomic E-state index is -0.620. The Labute approximate surface area is 258 Å². The highest BCUT2D eigenvalue weighted by molar-refractivity contribution is 5.98. The summed E-state index contributed by atoms with van der Waals surface area (Å²) >= 11 is 0. The molecule has 2 aromatic heterocycles. The van der Waals surface area contributed by atoms with Gasteiger partial charge in [-0.25, -0.2) is 14.8 Å². The first-order valence-electron chi connectivity index (χ1n) is 15.3. The molecule has 4 aliphatic heterocycles. The number of carbonyl (C=O) groups excluding carboxylic acids is 3.